The third kappa shape index (κ3) is 2.57. The van der Waals surface area contributed by atoms with E-state index >= 15 is 0 Å². The Bertz CT molecular complexity index is 861. The summed E-state index contributed by atoms with van der Waals surface area (Å²) >= 11 is 15.3. The molecule has 108 valence electrons. The molecule has 7 nitrogen and oxygen atoms in total. The molecule has 3 rings (SSSR count). The number of aromatic amines is 1. The minimum atomic E-state index is -1.42. The molecular formula is C11H5BrCl2N4O3. The highest BCUT2D eigenvalue weighted by Gasteiger charge is 2.14. The smallest absolute Gasteiger partial charge is 0.449 e. The third-order valence-corrected chi connectivity index (χ3v) is 4.37. The van der Waals surface area contributed by atoms with E-state index in [0.29, 0.717) is 31.5 Å². The highest BCUT2D eigenvalue weighted by Crippen LogP contribution is 2.36. The van der Waals surface area contributed by atoms with Crippen molar-refractivity contribution in [2.75, 3.05) is 0 Å². The second kappa shape index (κ2) is 5.21. The molecule has 0 aliphatic rings. The first-order valence-corrected chi connectivity index (χ1v) is 6.99. The second-order valence-corrected chi connectivity index (χ2v) is 5.51. The lowest BCUT2D eigenvalue weighted by atomic mass is 10.3. The highest BCUT2D eigenvalue weighted by atomic mass is 79.9. The van der Waals surface area contributed by atoms with Gasteiger partial charge in [0.2, 0.25) is 5.95 Å². The first-order valence-electron chi connectivity index (χ1n) is 5.44. The second-order valence-electron chi connectivity index (χ2n) is 3.93. The van der Waals surface area contributed by atoms with Crippen LogP contribution in [-0.2, 0) is 0 Å². The van der Waals surface area contributed by atoms with E-state index < -0.39 is 6.16 Å². The quantitative estimate of drug-likeness (QED) is 0.510. The maximum atomic E-state index is 10.5. The number of carbonyl (C=O) groups is 1. The Morgan fingerprint density at radius 1 is 1.48 bits per heavy atom. The number of fused-ring (bicyclic) bond motifs is 1. The zero-order valence-corrected chi connectivity index (χ0v) is 13.1. The fourth-order valence-electron chi connectivity index (χ4n) is 1.73. The Morgan fingerprint density at radius 2 is 2.24 bits per heavy atom. The number of ether oxygens (including phenoxy) is 1. The van der Waals surface area contributed by atoms with Gasteiger partial charge < -0.3 is 14.8 Å². The predicted molar refractivity (Wildman–Crippen MR) is 79.6 cm³/mol. The number of nitrogens with zero attached hydrogens (tertiary/aromatic N) is 3. The number of rotatable bonds is 2. The van der Waals surface area contributed by atoms with Crippen molar-refractivity contribution in [2.45, 2.75) is 0 Å². The van der Waals surface area contributed by atoms with Crippen LogP contribution in [0.3, 0.4) is 0 Å². The minimum Gasteiger partial charge on any atom is -0.449 e. The molecule has 2 aromatic heterocycles. The first kappa shape index (κ1) is 14.2. The maximum Gasteiger partial charge on any atom is 0.511 e. The number of hydrogen-bond acceptors (Lipinski definition) is 4. The molecule has 0 unspecified atom stereocenters. The molecule has 0 saturated carbocycles. The molecule has 0 radical (unpaired) electrons. The Morgan fingerprint density at radius 3 is 2.95 bits per heavy atom. The molecular weight excluding hydrogens is 387 g/mol. The normalized spacial score (nSPS) is 11.0. The van der Waals surface area contributed by atoms with Crippen LogP contribution < -0.4 is 4.74 Å². The topological polar surface area (TPSA) is 93.0 Å². The van der Waals surface area contributed by atoms with Crippen molar-refractivity contribution in [1.82, 2.24) is 19.7 Å². The van der Waals surface area contributed by atoms with Gasteiger partial charge in [-0.1, -0.05) is 23.2 Å². The van der Waals surface area contributed by atoms with Crippen molar-refractivity contribution in [1.29, 1.82) is 0 Å². The van der Waals surface area contributed by atoms with Crippen molar-refractivity contribution in [3.05, 3.63) is 33.0 Å². The van der Waals surface area contributed by atoms with Crippen molar-refractivity contribution < 1.29 is 14.6 Å². The molecule has 0 atom stereocenters. The molecule has 0 amide bonds. The van der Waals surface area contributed by atoms with Gasteiger partial charge in [-0.3, -0.25) is 0 Å². The molecule has 2 heterocycles. The van der Waals surface area contributed by atoms with Gasteiger partial charge in [-0.05, 0) is 22.0 Å². The molecule has 1 aromatic carbocycles. The predicted octanol–water partition coefficient (Wildman–Crippen LogP) is 3.87. The van der Waals surface area contributed by atoms with Crippen molar-refractivity contribution in [3.63, 3.8) is 0 Å². The Labute approximate surface area is 135 Å². The van der Waals surface area contributed by atoms with Gasteiger partial charge in [0.05, 0.1) is 32.4 Å². The highest BCUT2D eigenvalue weighted by molar-refractivity contribution is 9.10. The van der Waals surface area contributed by atoms with E-state index in [4.69, 9.17) is 28.3 Å². The average Bonchev–Trinajstić information content (AvgIpc) is 3.02. The van der Waals surface area contributed by atoms with Crippen LogP contribution in [0, 0.1) is 0 Å². The maximum absolute atomic E-state index is 10.5. The van der Waals surface area contributed by atoms with E-state index in [9.17, 15) is 4.79 Å². The molecule has 0 saturated heterocycles. The van der Waals surface area contributed by atoms with E-state index in [1.165, 1.54) is 17.1 Å². The summed E-state index contributed by atoms with van der Waals surface area (Å²) in [5.41, 5.74) is 1.23. The molecule has 3 aromatic rings. The number of benzene rings is 1. The van der Waals surface area contributed by atoms with Gasteiger partial charge >= 0.3 is 6.16 Å². The molecule has 0 fully saturated rings. The van der Waals surface area contributed by atoms with Gasteiger partial charge in [0, 0.05) is 0 Å². The number of aromatic nitrogens is 4. The molecule has 0 spiro atoms. The summed E-state index contributed by atoms with van der Waals surface area (Å²) in [6, 6.07) is 1.64. The minimum absolute atomic E-state index is 0.0816. The lowest BCUT2D eigenvalue weighted by Gasteiger charge is -1.98. The van der Waals surface area contributed by atoms with Gasteiger partial charge in [-0.25, -0.2) is 14.5 Å². The van der Waals surface area contributed by atoms with E-state index in [1.54, 1.807) is 6.07 Å². The number of halogens is 3. The molecule has 0 bridgehead atoms. The van der Waals surface area contributed by atoms with Crippen LogP contribution in [0.5, 0.6) is 5.75 Å². The van der Waals surface area contributed by atoms with Crippen LogP contribution in [-0.4, -0.2) is 31.0 Å². The summed E-state index contributed by atoms with van der Waals surface area (Å²) in [4.78, 5) is 17.8. The number of imidazole rings is 1. The Hall–Kier alpha value is -1.77. The lowest BCUT2D eigenvalue weighted by molar-refractivity contribution is 0.144. The average molecular weight is 392 g/mol. The largest absolute Gasteiger partial charge is 0.511 e. The molecule has 2 N–H and O–H groups in total. The standard InChI is InChI=1S/C11H5BrCl2N4O3/c12-7-8(14)5(13)1-6-9(7)17-10(16-6)18-3-4(2-15-18)21-11(19)20/h1-3H,(H,16,17)(H,19,20). The monoisotopic (exact) mass is 390 g/mol. The van der Waals surface area contributed by atoms with E-state index in [2.05, 4.69) is 35.7 Å². The number of H-pyrrole nitrogens is 1. The van der Waals surface area contributed by atoms with Gasteiger partial charge in [-0.2, -0.15) is 5.10 Å². The number of nitrogens with one attached hydrogen (secondary N) is 1. The van der Waals surface area contributed by atoms with Gasteiger partial charge in [0.25, 0.3) is 0 Å². The van der Waals surface area contributed by atoms with Gasteiger partial charge in [0.15, 0.2) is 5.75 Å². The fourth-order valence-corrected chi connectivity index (χ4v) is 2.71. The van der Waals surface area contributed by atoms with Crippen LogP contribution in [0.15, 0.2) is 22.9 Å². The summed E-state index contributed by atoms with van der Waals surface area (Å²) in [6.45, 7) is 0. The zero-order chi connectivity index (χ0) is 15.1. The fraction of sp³-hybridized carbons (Fsp3) is 0. The zero-order valence-electron chi connectivity index (χ0n) is 9.97. The third-order valence-electron chi connectivity index (χ3n) is 2.58. The Balaban J connectivity index is 2.07. The summed E-state index contributed by atoms with van der Waals surface area (Å²) in [6.07, 6.45) is 1.22. The summed E-state index contributed by atoms with van der Waals surface area (Å²) in [5, 5.41) is 13.2. The lowest BCUT2D eigenvalue weighted by Crippen LogP contribution is -2.02. The number of carboxylic acid groups (broad SMARTS) is 1. The number of hydrogen-bond donors (Lipinski definition) is 2. The van der Waals surface area contributed by atoms with Crippen LogP contribution in [0.1, 0.15) is 0 Å². The Kier molecular flexibility index (Phi) is 3.52. The van der Waals surface area contributed by atoms with Gasteiger partial charge in [-0.15, -0.1) is 0 Å². The van der Waals surface area contributed by atoms with Gasteiger partial charge in [0.1, 0.15) is 5.52 Å². The first-order chi connectivity index (χ1) is 9.95. The van der Waals surface area contributed by atoms with E-state index in [-0.39, 0.29) is 5.75 Å². The van der Waals surface area contributed by atoms with Crippen molar-refractivity contribution in [2.24, 2.45) is 0 Å². The van der Waals surface area contributed by atoms with Crippen LogP contribution in [0.25, 0.3) is 17.0 Å². The molecule has 21 heavy (non-hydrogen) atoms. The van der Waals surface area contributed by atoms with Crippen LogP contribution in [0.4, 0.5) is 4.79 Å². The summed E-state index contributed by atoms with van der Waals surface area (Å²) in [5.74, 6) is 0.447. The van der Waals surface area contributed by atoms with Crippen LogP contribution >= 0.6 is 39.1 Å². The summed E-state index contributed by atoms with van der Waals surface area (Å²) in [7, 11) is 0. The molecule has 0 aliphatic carbocycles. The van der Waals surface area contributed by atoms with Crippen molar-refractivity contribution >= 4 is 56.3 Å². The summed E-state index contributed by atoms with van der Waals surface area (Å²) < 4.78 is 6.39. The molecule has 10 heteroatoms. The molecule has 0 aliphatic heterocycles. The van der Waals surface area contributed by atoms with E-state index in [1.807, 2.05) is 0 Å². The van der Waals surface area contributed by atoms with Crippen LogP contribution in [0.2, 0.25) is 10.0 Å². The van der Waals surface area contributed by atoms with E-state index in [0.717, 1.165) is 0 Å². The van der Waals surface area contributed by atoms with Crippen molar-refractivity contribution in [3.8, 4) is 11.7 Å². The SMILES string of the molecule is O=C(O)Oc1cnn(-c2nc3c(Br)c(Cl)c(Cl)cc3[nH]2)c1.